The van der Waals surface area contributed by atoms with Crippen LogP contribution in [0, 0.1) is 6.92 Å². The van der Waals surface area contributed by atoms with Gasteiger partial charge in [0.1, 0.15) is 9.84 Å². The van der Waals surface area contributed by atoms with Crippen molar-refractivity contribution >= 4 is 26.3 Å². The fraction of sp³-hybridized carbons (Fsp3) is 0.400. The summed E-state index contributed by atoms with van der Waals surface area (Å²) in [5.74, 6) is 0.0387. The molecule has 0 aliphatic heterocycles. The van der Waals surface area contributed by atoms with Crippen molar-refractivity contribution in [2.24, 2.45) is 0 Å². The van der Waals surface area contributed by atoms with Crippen LogP contribution in [0.1, 0.15) is 5.56 Å². The second-order valence-corrected chi connectivity index (χ2v) is 7.45. The summed E-state index contributed by atoms with van der Waals surface area (Å²) < 4.78 is 33.8. The van der Waals surface area contributed by atoms with Crippen molar-refractivity contribution in [1.82, 2.24) is 0 Å². The molecule has 90 valence electrons. The van der Waals surface area contributed by atoms with Gasteiger partial charge in [0, 0.05) is 22.6 Å². The maximum absolute atomic E-state index is 11.9. The van der Waals surface area contributed by atoms with Crippen LogP contribution in [0.3, 0.4) is 0 Å². The Kier molecular flexibility index (Phi) is 4.09. The Morgan fingerprint density at radius 2 is 2.00 bits per heavy atom. The molecule has 1 rings (SSSR count). The van der Waals surface area contributed by atoms with Crippen LogP contribution < -0.4 is 5.73 Å². The molecule has 0 aliphatic rings. The molecule has 0 amide bonds. The second-order valence-electron chi connectivity index (χ2n) is 3.65. The smallest absolute Gasteiger partial charge is 0.148 e. The van der Waals surface area contributed by atoms with E-state index in [2.05, 4.69) is 0 Å². The van der Waals surface area contributed by atoms with Crippen LogP contribution in [0.4, 0.5) is 5.69 Å². The SMILES string of the molecule is Cc1c(N)cccc1S(=O)CCS(C)(=O)=O. The highest BCUT2D eigenvalue weighted by molar-refractivity contribution is 7.92. The molecular formula is C10H15NO3S2. The molecule has 0 saturated carbocycles. The van der Waals surface area contributed by atoms with E-state index in [1.54, 1.807) is 25.1 Å². The van der Waals surface area contributed by atoms with Gasteiger partial charge in [-0.3, -0.25) is 4.21 Å². The van der Waals surface area contributed by atoms with Crippen LogP contribution in [0.15, 0.2) is 23.1 Å². The highest BCUT2D eigenvalue weighted by Gasteiger charge is 2.11. The molecular weight excluding hydrogens is 246 g/mol. The number of sulfone groups is 1. The van der Waals surface area contributed by atoms with E-state index in [0.29, 0.717) is 10.6 Å². The van der Waals surface area contributed by atoms with Gasteiger partial charge < -0.3 is 5.73 Å². The lowest BCUT2D eigenvalue weighted by atomic mass is 10.2. The van der Waals surface area contributed by atoms with Gasteiger partial charge in [-0.15, -0.1) is 0 Å². The van der Waals surface area contributed by atoms with Crippen LogP contribution in [-0.4, -0.2) is 30.4 Å². The maximum atomic E-state index is 11.9. The van der Waals surface area contributed by atoms with Gasteiger partial charge >= 0.3 is 0 Å². The molecule has 2 N–H and O–H groups in total. The lowest BCUT2D eigenvalue weighted by Gasteiger charge is -2.07. The Morgan fingerprint density at radius 3 is 2.56 bits per heavy atom. The van der Waals surface area contributed by atoms with E-state index in [-0.39, 0.29) is 11.5 Å². The first-order valence-corrected chi connectivity index (χ1v) is 8.10. The summed E-state index contributed by atoms with van der Waals surface area (Å²) in [7, 11) is -4.39. The van der Waals surface area contributed by atoms with Gasteiger partial charge in [-0.1, -0.05) is 6.07 Å². The highest BCUT2D eigenvalue weighted by atomic mass is 32.2. The van der Waals surface area contributed by atoms with Gasteiger partial charge in [0.2, 0.25) is 0 Å². The molecule has 1 atom stereocenters. The minimum Gasteiger partial charge on any atom is -0.398 e. The molecule has 1 aromatic carbocycles. The summed E-state index contributed by atoms with van der Waals surface area (Å²) in [6.07, 6.45) is 1.14. The Hall–Kier alpha value is -0.880. The van der Waals surface area contributed by atoms with Crippen molar-refractivity contribution in [3.63, 3.8) is 0 Å². The summed E-state index contributed by atoms with van der Waals surface area (Å²) in [5, 5.41) is 0. The summed E-state index contributed by atoms with van der Waals surface area (Å²) >= 11 is 0. The molecule has 4 nitrogen and oxygen atoms in total. The monoisotopic (exact) mass is 261 g/mol. The molecule has 0 fully saturated rings. The number of rotatable bonds is 4. The summed E-state index contributed by atoms with van der Waals surface area (Å²) in [4.78, 5) is 0.614. The Morgan fingerprint density at radius 1 is 1.38 bits per heavy atom. The van der Waals surface area contributed by atoms with Crippen molar-refractivity contribution < 1.29 is 12.6 Å². The zero-order chi connectivity index (χ0) is 12.3. The first kappa shape index (κ1) is 13.2. The van der Waals surface area contributed by atoms with Gasteiger partial charge in [-0.25, -0.2) is 8.42 Å². The summed E-state index contributed by atoms with van der Waals surface area (Å²) in [6, 6.07) is 5.16. The fourth-order valence-electron chi connectivity index (χ4n) is 1.22. The Balaban J connectivity index is 2.86. The van der Waals surface area contributed by atoms with Crippen molar-refractivity contribution in [2.75, 3.05) is 23.5 Å². The molecule has 0 radical (unpaired) electrons. The standard InChI is InChI=1S/C10H15NO3S2/c1-8-9(11)4-3-5-10(8)15(12)6-7-16(2,13)14/h3-5H,6-7,11H2,1-2H3. The highest BCUT2D eigenvalue weighted by Crippen LogP contribution is 2.19. The van der Waals surface area contributed by atoms with Crippen LogP contribution in [0.5, 0.6) is 0 Å². The number of benzene rings is 1. The molecule has 0 heterocycles. The van der Waals surface area contributed by atoms with E-state index in [1.165, 1.54) is 0 Å². The number of hydrogen-bond donors (Lipinski definition) is 1. The van der Waals surface area contributed by atoms with Crippen LogP contribution in [0.2, 0.25) is 0 Å². The fourth-order valence-corrected chi connectivity index (χ4v) is 3.94. The molecule has 16 heavy (non-hydrogen) atoms. The molecule has 0 saturated heterocycles. The van der Waals surface area contributed by atoms with E-state index < -0.39 is 20.6 Å². The molecule has 6 heteroatoms. The molecule has 1 aromatic rings. The predicted molar refractivity (Wildman–Crippen MR) is 66.6 cm³/mol. The topological polar surface area (TPSA) is 77.2 Å². The van der Waals surface area contributed by atoms with Crippen LogP contribution in [0.25, 0.3) is 0 Å². The third-order valence-electron chi connectivity index (χ3n) is 2.21. The lowest BCUT2D eigenvalue weighted by Crippen LogP contribution is -2.12. The normalized spacial score (nSPS) is 13.6. The predicted octanol–water partition coefficient (Wildman–Crippen LogP) is 0.729. The Bertz CT molecular complexity index is 509. The van der Waals surface area contributed by atoms with Gasteiger partial charge in [-0.2, -0.15) is 0 Å². The van der Waals surface area contributed by atoms with Gasteiger partial charge in [0.15, 0.2) is 0 Å². The molecule has 1 unspecified atom stereocenters. The number of nitrogens with two attached hydrogens (primary N) is 1. The zero-order valence-corrected chi connectivity index (χ0v) is 10.9. The van der Waals surface area contributed by atoms with Gasteiger partial charge in [0.25, 0.3) is 0 Å². The number of nitrogen functional groups attached to an aromatic ring is 1. The van der Waals surface area contributed by atoms with E-state index in [1.807, 2.05) is 0 Å². The van der Waals surface area contributed by atoms with Crippen LogP contribution in [-0.2, 0) is 20.6 Å². The van der Waals surface area contributed by atoms with E-state index in [0.717, 1.165) is 11.8 Å². The maximum Gasteiger partial charge on any atom is 0.148 e. The average molecular weight is 261 g/mol. The number of hydrogen-bond acceptors (Lipinski definition) is 4. The van der Waals surface area contributed by atoms with Gasteiger partial charge in [-0.05, 0) is 24.6 Å². The van der Waals surface area contributed by atoms with Gasteiger partial charge in [0.05, 0.1) is 16.6 Å². The van der Waals surface area contributed by atoms with Crippen molar-refractivity contribution in [3.05, 3.63) is 23.8 Å². The molecule has 0 aliphatic carbocycles. The quantitative estimate of drug-likeness (QED) is 0.811. The second kappa shape index (κ2) is 4.97. The molecule has 0 spiro atoms. The lowest BCUT2D eigenvalue weighted by molar-refractivity contribution is 0.602. The third kappa shape index (κ3) is 3.61. The minimum absolute atomic E-state index is 0.0755. The molecule has 0 aromatic heterocycles. The van der Waals surface area contributed by atoms with Crippen LogP contribution >= 0.6 is 0 Å². The average Bonchev–Trinajstić information content (AvgIpc) is 2.17. The van der Waals surface area contributed by atoms with Crippen molar-refractivity contribution in [2.45, 2.75) is 11.8 Å². The van der Waals surface area contributed by atoms with E-state index >= 15 is 0 Å². The zero-order valence-electron chi connectivity index (χ0n) is 9.26. The summed E-state index contributed by atoms with van der Waals surface area (Å²) in [5.41, 5.74) is 7.02. The van der Waals surface area contributed by atoms with E-state index in [4.69, 9.17) is 5.73 Å². The summed E-state index contributed by atoms with van der Waals surface area (Å²) in [6.45, 7) is 1.78. The third-order valence-corrected chi connectivity index (χ3v) is 4.92. The van der Waals surface area contributed by atoms with Crippen molar-refractivity contribution in [1.29, 1.82) is 0 Å². The number of anilines is 1. The molecule has 0 bridgehead atoms. The van der Waals surface area contributed by atoms with E-state index in [9.17, 15) is 12.6 Å². The largest absolute Gasteiger partial charge is 0.398 e. The first-order valence-electron chi connectivity index (χ1n) is 4.72. The Labute approximate surface area is 98.2 Å². The first-order chi connectivity index (χ1) is 7.31. The van der Waals surface area contributed by atoms with Crippen molar-refractivity contribution in [3.8, 4) is 0 Å². The minimum atomic E-state index is -3.07.